The molecule has 1 amide bonds. The van der Waals surface area contributed by atoms with Crippen LogP contribution in [0.5, 0.6) is 0 Å². The molecule has 2 aromatic heterocycles. The SMILES string of the molecule is CC(C)(C)c1cc2ncnc(NCCc3ccc(NC(=O)c4ccccc4)cc3)c2s1. The lowest BCUT2D eigenvalue weighted by Crippen LogP contribution is -2.11. The molecule has 4 aromatic rings. The normalized spacial score (nSPS) is 11.5. The fourth-order valence-electron chi connectivity index (χ4n) is 3.22. The highest BCUT2D eigenvalue weighted by molar-refractivity contribution is 7.19. The second kappa shape index (κ2) is 8.86. The van der Waals surface area contributed by atoms with E-state index in [-0.39, 0.29) is 11.3 Å². The highest BCUT2D eigenvalue weighted by atomic mass is 32.1. The maximum Gasteiger partial charge on any atom is 0.255 e. The van der Waals surface area contributed by atoms with Gasteiger partial charge in [-0.3, -0.25) is 4.79 Å². The molecule has 158 valence electrons. The molecule has 0 unspecified atom stereocenters. The van der Waals surface area contributed by atoms with Gasteiger partial charge in [-0.1, -0.05) is 51.1 Å². The van der Waals surface area contributed by atoms with E-state index in [0.717, 1.165) is 34.7 Å². The number of amides is 1. The zero-order valence-corrected chi connectivity index (χ0v) is 18.8. The smallest absolute Gasteiger partial charge is 0.255 e. The molecule has 0 atom stereocenters. The molecule has 0 spiro atoms. The van der Waals surface area contributed by atoms with Gasteiger partial charge in [-0.05, 0) is 47.7 Å². The van der Waals surface area contributed by atoms with E-state index in [9.17, 15) is 4.79 Å². The van der Waals surface area contributed by atoms with Gasteiger partial charge in [-0.25, -0.2) is 9.97 Å². The number of aromatic nitrogens is 2. The van der Waals surface area contributed by atoms with Crippen molar-refractivity contribution < 1.29 is 4.79 Å². The van der Waals surface area contributed by atoms with E-state index in [1.165, 1.54) is 10.4 Å². The van der Waals surface area contributed by atoms with Crippen LogP contribution in [0.1, 0.15) is 41.6 Å². The molecular formula is C25H26N4OS. The maximum atomic E-state index is 12.3. The van der Waals surface area contributed by atoms with E-state index < -0.39 is 0 Å². The molecule has 0 aliphatic heterocycles. The van der Waals surface area contributed by atoms with Gasteiger partial charge in [0.15, 0.2) is 0 Å². The number of hydrogen-bond acceptors (Lipinski definition) is 5. The summed E-state index contributed by atoms with van der Waals surface area (Å²) in [7, 11) is 0. The lowest BCUT2D eigenvalue weighted by Gasteiger charge is -2.14. The average molecular weight is 431 g/mol. The first-order valence-electron chi connectivity index (χ1n) is 10.3. The molecule has 2 aromatic carbocycles. The van der Waals surface area contributed by atoms with Crippen molar-refractivity contribution in [2.75, 3.05) is 17.2 Å². The van der Waals surface area contributed by atoms with Crippen LogP contribution in [0.2, 0.25) is 0 Å². The first-order chi connectivity index (χ1) is 14.9. The highest BCUT2D eigenvalue weighted by Crippen LogP contribution is 2.35. The zero-order valence-electron chi connectivity index (χ0n) is 18.0. The Bertz CT molecular complexity index is 1180. The maximum absolute atomic E-state index is 12.3. The number of fused-ring (bicyclic) bond motifs is 1. The van der Waals surface area contributed by atoms with E-state index >= 15 is 0 Å². The predicted octanol–water partition coefficient (Wildman–Crippen LogP) is 5.90. The first kappa shape index (κ1) is 21.0. The van der Waals surface area contributed by atoms with Crippen LogP contribution in [-0.4, -0.2) is 22.4 Å². The minimum Gasteiger partial charge on any atom is -0.368 e. The molecule has 6 heteroatoms. The fraction of sp³-hybridized carbons (Fsp3) is 0.240. The number of carbonyl (C=O) groups is 1. The molecule has 31 heavy (non-hydrogen) atoms. The monoisotopic (exact) mass is 430 g/mol. The summed E-state index contributed by atoms with van der Waals surface area (Å²) in [5.74, 6) is 0.783. The summed E-state index contributed by atoms with van der Waals surface area (Å²) in [6.45, 7) is 7.41. The third-order valence-corrected chi connectivity index (χ3v) is 6.56. The Morgan fingerprint density at radius 1 is 1.00 bits per heavy atom. The third-order valence-electron chi connectivity index (χ3n) is 5.00. The van der Waals surface area contributed by atoms with Gasteiger partial charge in [0.2, 0.25) is 0 Å². The number of carbonyl (C=O) groups excluding carboxylic acids is 1. The van der Waals surface area contributed by atoms with Crippen molar-refractivity contribution in [2.45, 2.75) is 32.6 Å². The predicted molar refractivity (Wildman–Crippen MR) is 129 cm³/mol. The van der Waals surface area contributed by atoms with Gasteiger partial charge >= 0.3 is 0 Å². The van der Waals surface area contributed by atoms with Crippen LogP contribution < -0.4 is 10.6 Å². The van der Waals surface area contributed by atoms with Crippen molar-refractivity contribution in [2.24, 2.45) is 0 Å². The van der Waals surface area contributed by atoms with Crippen molar-refractivity contribution in [3.63, 3.8) is 0 Å². The van der Waals surface area contributed by atoms with Crippen LogP contribution in [0.15, 0.2) is 67.0 Å². The van der Waals surface area contributed by atoms with Crippen molar-refractivity contribution in [3.05, 3.63) is 83.0 Å². The van der Waals surface area contributed by atoms with E-state index in [2.05, 4.69) is 47.4 Å². The molecule has 0 saturated heterocycles. The number of benzene rings is 2. The molecular weight excluding hydrogens is 404 g/mol. The zero-order chi connectivity index (χ0) is 21.8. The van der Waals surface area contributed by atoms with Crippen LogP contribution in [0.3, 0.4) is 0 Å². The quantitative estimate of drug-likeness (QED) is 0.400. The van der Waals surface area contributed by atoms with Crippen LogP contribution in [0.4, 0.5) is 11.5 Å². The number of rotatable bonds is 6. The number of hydrogen-bond donors (Lipinski definition) is 2. The summed E-state index contributed by atoms with van der Waals surface area (Å²) >= 11 is 1.76. The summed E-state index contributed by atoms with van der Waals surface area (Å²) in [6.07, 6.45) is 2.48. The largest absolute Gasteiger partial charge is 0.368 e. The van der Waals surface area contributed by atoms with Gasteiger partial charge in [-0.2, -0.15) is 0 Å². The molecule has 0 radical (unpaired) electrons. The van der Waals surface area contributed by atoms with Crippen LogP contribution in [0, 0.1) is 0 Å². The van der Waals surface area contributed by atoms with Crippen LogP contribution in [0.25, 0.3) is 10.2 Å². The first-order valence-corrected chi connectivity index (χ1v) is 11.2. The number of anilines is 2. The average Bonchev–Trinajstić information content (AvgIpc) is 3.21. The summed E-state index contributed by atoms with van der Waals surface area (Å²) in [4.78, 5) is 22.4. The van der Waals surface area contributed by atoms with Crippen molar-refractivity contribution in [1.82, 2.24) is 9.97 Å². The van der Waals surface area contributed by atoms with Gasteiger partial charge < -0.3 is 10.6 Å². The molecule has 0 saturated carbocycles. The molecule has 2 heterocycles. The second-order valence-corrected chi connectivity index (χ2v) is 9.54. The molecule has 0 aliphatic rings. The van der Waals surface area contributed by atoms with Gasteiger partial charge in [0.1, 0.15) is 12.1 Å². The minimum atomic E-state index is -0.103. The van der Waals surface area contributed by atoms with Crippen LogP contribution in [-0.2, 0) is 11.8 Å². The molecule has 5 nitrogen and oxygen atoms in total. The molecule has 2 N–H and O–H groups in total. The highest BCUT2D eigenvalue weighted by Gasteiger charge is 2.19. The van der Waals surface area contributed by atoms with E-state index in [1.807, 2.05) is 42.5 Å². The third kappa shape index (κ3) is 5.09. The number of thiophene rings is 1. The lowest BCUT2D eigenvalue weighted by atomic mass is 9.95. The van der Waals surface area contributed by atoms with E-state index in [0.29, 0.717) is 5.56 Å². The van der Waals surface area contributed by atoms with Crippen molar-refractivity contribution in [1.29, 1.82) is 0 Å². The number of nitrogens with one attached hydrogen (secondary N) is 2. The topological polar surface area (TPSA) is 66.9 Å². The summed E-state index contributed by atoms with van der Waals surface area (Å²) in [5.41, 5.74) is 3.72. The Kier molecular flexibility index (Phi) is 6.00. The Morgan fingerprint density at radius 3 is 2.45 bits per heavy atom. The number of nitrogens with zero attached hydrogens (tertiary/aromatic N) is 2. The Morgan fingerprint density at radius 2 is 1.74 bits per heavy atom. The van der Waals surface area contributed by atoms with Crippen molar-refractivity contribution in [3.8, 4) is 0 Å². The molecule has 0 aliphatic carbocycles. The second-order valence-electron chi connectivity index (χ2n) is 8.49. The summed E-state index contributed by atoms with van der Waals surface area (Å²) in [5, 5.41) is 6.39. The summed E-state index contributed by atoms with van der Waals surface area (Å²) < 4.78 is 1.10. The molecule has 0 fully saturated rings. The van der Waals surface area contributed by atoms with E-state index in [1.54, 1.807) is 29.8 Å². The van der Waals surface area contributed by atoms with E-state index in [4.69, 9.17) is 0 Å². The molecule has 0 bridgehead atoms. The van der Waals surface area contributed by atoms with Gasteiger partial charge in [0, 0.05) is 22.7 Å². The fourth-order valence-corrected chi connectivity index (χ4v) is 4.36. The minimum absolute atomic E-state index is 0.0975. The summed E-state index contributed by atoms with van der Waals surface area (Å²) in [6, 6.07) is 19.3. The standard InChI is InChI=1S/C25H26N4OS/c1-25(2,3)21-15-20-22(31-21)23(28-16-27-20)26-14-13-17-9-11-19(12-10-17)29-24(30)18-7-5-4-6-8-18/h4-12,15-16H,13-14H2,1-3H3,(H,29,30)(H,26,27,28). The van der Waals surface area contributed by atoms with Gasteiger partial charge in [0.05, 0.1) is 10.2 Å². The molecule has 4 rings (SSSR count). The van der Waals surface area contributed by atoms with Gasteiger partial charge in [-0.15, -0.1) is 11.3 Å². The lowest BCUT2D eigenvalue weighted by molar-refractivity contribution is 0.102. The van der Waals surface area contributed by atoms with Crippen LogP contribution >= 0.6 is 11.3 Å². The van der Waals surface area contributed by atoms with Crippen molar-refractivity contribution >= 4 is 39.0 Å². The van der Waals surface area contributed by atoms with Gasteiger partial charge in [0.25, 0.3) is 5.91 Å². The Labute approximate surface area is 186 Å². The Balaban J connectivity index is 1.36. The Hall–Kier alpha value is -3.25.